The number of benzene rings is 4. The topological polar surface area (TPSA) is 44.9 Å². The van der Waals surface area contributed by atoms with Crippen LogP contribution in [0.15, 0.2) is 116 Å². The Morgan fingerprint density at radius 3 is 2.16 bits per heavy atom. The van der Waals surface area contributed by atoms with Gasteiger partial charge in [-0.25, -0.2) is 9.67 Å². The van der Waals surface area contributed by atoms with Crippen LogP contribution in [0.2, 0.25) is 0 Å². The predicted octanol–water partition coefficient (Wildman–Crippen LogP) is 12.6. The molecule has 0 N–H and O–H groups in total. The molecular weight excluding hydrogens is 613 g/mol. The van der Waals surface area contributed by atoms with Crippen LogP contribution < -0.4 is 4.74 Å². The quantitative estimate of drug-likeness (QED) is 0.124. The lowest BCUT2D eigenvalue weighted by molar-refractivity contribution is 0.483. The van der Waals surface area contributed by atoms with Gasteiger partial charge in [-0.1, -0.05) is 96.3 Å². The van der Waals surface area contributed by atoms with Crippen LogP contribution in [-0.2, 0) is 6.42 Å². The molecule has 0 radical (unpaired) electrons. The number of para-hydroxylation sites is 1. The first kappa shape index (κ1) is 33.3. The molecule has 0 spiro atoms. The molecule has 50 heavy (non-hydrogen) atoms. The molecule has 0 saturated heterocycles. The van der Waals surface area contributed by atoms with Crippen LogP contribution in [0.4, 0.5) is 0 Å². The van der Waals surface area contributed by atoms with Crippen LogP contribution in [0.3, 0.4) is 0 Å². The predicted molar refractivity (Wildman–Crippen MR) is 208 cm³/mol. The van der Waals surface area contributed by atoms with Crippen LogP contribution in [0, 0.1) is 0 Å². The average Bonchev–Trinajstić information content (AvgIpc) is 3.75. The Morgan fingerprint density at radius 1 is 0.680 bits per heavy atom. The van der Waals surface area contributed by atoms with Crippen molar-refractivity contribution < 1.29 is 4.74 Å². The van der Waals surface area contributed by atoms with Crippen LogP contribution in [0.25, 0.3) is 44.4 Å². The lowest BCUT2D eigenvalue weighted by Gasteiger charge is -2.22. The monoisotopic (exact) mass is 660 g/mol. The minimum Gasteiger partial charge on any atom is -0.457 e. The maximum Gasteiger partial charge on any atom is 0.137 e. The number of aryl methyl sites for hydroxylation is 1. The van der Waals surface area contributed by atoms with E-state index in [1.165, 1.54) is 64.3 Å². The third kappa shape index (κ3) is 6.57. The van der Waals surface area contributed by atoms with Gasteiger partial charge < -0.3 is 4.74 Å². The Bertz CT molecular complexity index is 2210. The summed E-state index contributed by atoms with van der Waals surface area (Å²) in [6, 6.07) is 34.3. The van der Waals surface area contributed by atoms with Gasteiger partial charge >= 0.3 is 0 Å². The number of pyridine rings is 1. The molecule has 7 rings (SSSR count). The van der Waals surface area contributed by atoms with E-state index in [4.69, 9.17) is 14.8 Å². The second-order valence-corrected chi connectivity index (χ2v) is 13.8. The summed E-state index contributed by atoms with van der Waals surface area (Å²) < 4.78 is 10.8. The van der Waals surface area contributed by atoms with Crippen LogP contribution >= 0.6 is 0 Å². The number of aromatic nitrogens is 4. The molecule has 3 aromatic heterocycles. The van der Waals surface area contributed by atoms with Gasteiger partial charge in [0.15, 0.2) is 0 Å². The van der Waals surface area contributed by atoms with Gasteiger partial charge in [-0.3, -0.25) is 4.57 Å². The molecule has 0 amide bonds. The van der Waals surface area contributed by atoms with Crippen molar-refractivity contribution in [3.8, 4) is 34.1 Å². The Kier molecular flexibility index (Phi) is 9.84. The van der Waals surface area contributed by atoms with E-state index in [0.29, 0.717) is 11.8 Å². The number of hydrogen-bond acceptors (Lipinski definition) is 3. The highest BCUT2D eigenvalue weighted by Gasteiger charge is 2.20. The zero-order chi connectivity index (χ0) is 34.6. The van der Waals surface area contributed by atoms with Gasteiger partial charge in [-0.15, -0.1) is 0 Å². The Hall–Kier alpha value is -5.16. The van der Waals surface area contributed by atoms with Crippen molar-refractivity contribution in [2.75, 3.05) is 0 Å². The molecule has 4 aromatic carbocycles. The molecule has 0 aliphatic heterocycles. The van der Waals surface area contributed by atoms with E-state index in [1.54, 1.807) is 0 Å². The Morgan fingerprint density at radius 2 is 1.40 bits per heavy atom. The van der Waals surface area contributed by atoms with Gasteiger partial charge in [0.1, 0.15) is 17.3 Å². The van der Waals surface area contributed by atoms with E-state index >= 15 is 0 Å². The first-order chi connectivity index (χ1) is 24.5. The van der Waals surface area contributed by atoms with Crippen molar-refractivity contribution in [1.82, 2.24) is 19.3 Å². The summed E-state index contributed by atoms with van der Waals surface area (Å²) in [5.74, 6) is 3.43. The van der Waals surface area contributed by atoms with E-state index < -0.39 is 0 Å². The van der Waals surface area contributed by atoms with Crippen LogP contribution in [0.1, 0.15) is 95.2 Å². The zero-order valence-corrected chi connectivity index (χ0v) is 30.1. The minimum absolute atomic E-state index is 0.482. The van der Waals surface area contributed by atoms with Gasteiger partial charge in [0, 0.05) is 40.9 Å². The van der Waals surface area contributed by atoms with E-state index in [1.807, 2.05) is 29.2 Å². The molecule has 5 heteroatoms. The fourth-order valence-electron chi connectivity index (χ4n) is 7.63. The molecule has 0 fully saturated rings. The molecule has 2 atom stereocenters. The molecule has 2 unspecified atom stereocenters. The second-order valence-electron chi connectivity index (χ2n) is 13.8. The summed E-state index contributed by atoms with van der Waals surface area (Å²) in [5.41, 5.74) is 9.82. The second kappa shape index (κ2) is 14.8. The van der Waals surface area contributed by atoms with Gasteiger partial charge in [0.05, 0.1) is 22.9 Å². The summed E-state index contributed by atoms with van der Waals surface area (Å²) in [5, 5.41) is 7.26. The lowest BCUT2D eigenvalue weighted by atomic mass is 9.82. The van der Waals surface area contributed by atoms with E-state index in [9.17, 15) is 0 Å². The highest BCUT2D eigenvalue weighted by atomic mass is 16.5. The molecule has 0 aliphatic carbocycles. The van der Waals surface area contributed by atoms with Crippen molar-refractivity contribution in [3.05, 3.63) is 132 Å². The third-order valence-electron chi connectivity index (χ3n) is 10.0. The highest BCUT2D eigenvalue weighted by molar-refractivity contribution is 6.09. The summed E-state index contributed by atoms with van der Waals surface area (Å²) in [4.78, 5) is 4.81. The van der Waals surface area contributed by atoms with Crippen molar-refractivity contribution in [2.24, 2.45) is 0 Å². The zero-order valence-electron chi connectivity index (χ0n) is 30.1. The van der Waals surface area contributed by atoms with Gasteiger partial charge in [0.25, 0.3) is 0 Å². The molecule has 0 bridgehead atoms. The average molecular weight is 661 g/mol. The molecule has 3 heterocycles. The van der Waals surface area contributed by atoms with Crippen molar-refractivity contribution in [3.63, 3.8) is 0 Å². The van der Waals surface area contributed by atoms with E-state index in [-0.39, 0.29) is 0 Å². The number of ether oxygens (including phenoxy) is 1. The Balaban J connectivity index is 1.23. The fourth-order valence-corrected chi connectivity index (χ4v) is 7.63. The molecule has 7 aromatic rings. The number of fused-ring (bicyclic) bond motifs is 3. The smallest absolute Gasteiger partial charge is 0.137 e. The first-order valence-electron chi connectivity index (χ1n) is 18.4. The van der Waals surface area contributed by atoms with Gasteiger partial charge in [0.2, 0.25) is 0 Å². The highest BCUT2D eigenvalue weighted by Crippen LogP contribution is 2.40. The SMILES string of the molecule is CCCc1ccnc(-n2c3ccccc3c3ccc(Oc4cccc(-n5cc(-c6c(C(C)CCC)cccc6C(C)CCC)cn5)c4)cc32)c1. The first-order valence-corrected chi connectivity index (χ1v) is 18.4. The van der Waals surface area contributed by atoms with E-state index in [2.05, 4.69) is 130 Å². The minimum atomic E-state index is 0.482. The van der Waals surface area contributed by atoms with Crippen LogP contribution in [-0.4, -0.2) is 19.3 Å². The fraction of sp³-hybridized carbons (Fsp3) is 0.289. The molecule has 0 saturated carbocycles. The molecule has 254 valence electrons. The lowest BCUT2D eigenvalue weighted by Crippen LogP contribution is -2.03. The summed E-state index contributed by atoms with van der Waals surface area (Å²) in [6.45, 7) is 11.5. The standard InChI is InChI=1S/C45H48N4O/c1-6-13-31(4)38-19-12-20-39(32(5)14-7-2)45(38)34-29-47-48(30-34)35-16-11-17-36(27-35)50-37-22-23-41-40-18-9-10-21-42(40)49(43(41)28-37)44-26-33(15-8-3)24-25-46-44/h9-12,16-32H,6-8,13-15H2,1-5H3. The third-order valence-corrected chi connectivity index (χ3v) is 10.0. The van der Waals surface area contributed by atoms with Crippen molar-refractivity contribution in [1.29, 1.82) is 0 Å². The van der Waals surface area contributed by atoms with Crippen molar-refractivity contribution >= 4 is 21.8 Å². The van der Waals surface area contributed by atoms with Crippen molar-refractivity contribution in [2.45, 2.75) is 85.0 Å². The maximum atomic E-state index is 6.57. The number of rotatable bonds is 13. The summed E-state index contributed by atoms with van der Waals surface area (Å²) in [6.07, 6.45) is 12.9. The van der Waals surface area contributed by atoms with Gasteiger partial charge in [-0.2, -0.15) is 5.10 Å². The Labute approximate surface area is 296 Å². The number of nitrogens with zero attached hydrogens (tertiary/aromatic N) is 4. The summed E-state index contributed by atoms with van der Waals surface area (Å²) >= 11 is 0. The normalized spacial score (nSPS) is 12.8. The largest absolute Gasteiger partial charge is 0.457 e. The summed E-state index contributed by atoms with van der Waals surface area (Å²) in [7, 11) is 0. The molecule has 5 nitrogen and oxygen atoms in total. The van der Waals surface area contributed by atoms with Crippen LogP contribution in [0.5, 0.6) is 11.5 Å². The van der Waals surface area contributed by atoms with E-state index in [0.717, 1.165) is 46.9 Å². The molecule has 0 aliphatic rings. The van der Waals surface area contributed by atoms with Gasteiger partial charge in [-0.05, 0) is 95.8 Å². The maximum absolute atomic E-state index is 6.57. The molecular formula is C45H48N4O. The number of hydrogen-bond donors (Lipinski definition) is 0.